The molecule has 1 aromatic rings. The number of imide groups is 1. The van der Waals surface area contributed by atoms with Gasteiger partial charge < -0.3 is 15.4 Å². The number of nitrogens with one attached hydrogen (secondary N) is 3. The minimum Gasteiger partial charge on any atom is -0.454 e. The van der Waals surface area contributed by atoms with Gasteiger partial charge in [-0.3, -0.25) is 14.9 Å². The maximum atomic E-state index is 12.3. The second-order valence-electron chi connectivity index (χ2n) is 5.69. The van der Waals surface area contributed by atoms with Crippen molar-refractivity contribution in [2.75, 3.05) is 13.2 Å². The van der Waals surface area contributed by atoms with Gasteiger partial charge in [-0.05, 0) is 25.0 Å². The lowest BCUT2D eigenvalue weighted by atomic mass is 10.0. The Morgan fingerprint density at radius 3 is 2.38 bits per heavy atom. The van der Waals surface area contributed by atoms with Gasteiger partial charge in [0.25, 0.3) is 11.8 Å². The van der Waals surface area contributed by atoms with Crippen LogP contribution < -0.4 is 16.0 Å². The van der Waals surface area contributed by atoms with E-state index in [1.807, 2.05) is 5.32 Å². The van der Waals surface area contributed by atoms with E-state index in [0.29, 0.717) is 6.54 Å². The van der Waals surface area contributed by atoms with Gasteiger partial charge in [-0.15, -0.1) is 0 Å². The molecule has 1 aromatic carbocycles. The van der Waals surface area contributed by atoms with Crippen molar-refractivity contribution in [1.82, 2.24) is 16.0 Å². The van der Waals surface area contributed by atoms with Gasteiger partial charge in [0, 0.05) is 6.54 Å². The molecule has 0 heterocycles. The van der Waals surface area contributed by atoms with Crippen LogP contribution >= 0.6 is 11.6 Å². The third-order valence-electron chi connectivity index (χ3n) is 3.26. The smallest absolute Gasteiger partial charge is 0.329 e. The third-order valence-corrected chi connectivity index (χ3v) is 3.59. The molecule has 9 heteroatoms. The Labute approximate surface area is 156 Å². The predicted molar refractivity (Wildman–Crippen MR) is 95.7 cm³/mol. The number of amides is 4. The summed E-state index contributed by atoms with van der Waals surface area (Å²) < 4.78 is 4.89. The molecule has 142 valence electrons. The van der Waals surface area contributed by atoms with Crippen molar-refractivity contribution >= 4 is 35.4 Å². The molecule has 0 fully saturated rings. The van der Waals surface area contributed by atoms with Crippen LogP contribution in [-0.2, 0) is 14.3 Å². The molecule has 4 amide bonds. The average molecular weight is 384 g/mol. The number of hydrogen-bond acceptors (Lipinski definition) is 5. The third kappa shape index (κ3) is 6.72. The molecule has 0 spiro atoms. The summed E-state index contributed by atoms with van der Waals surface area (Å²) in [6, 6.07) is 4.76. The number of hydrogen-bond donors (Lipinski definition) is 3. The van der Waals surface area contributed by atoms with Crippen LogP contribution in [0.1, 0.15) is 31.1 Å². The average Bonchev–Trinajstić information content (AvgIpc) is 2.57. The summed E-state index contributed by atoms with van der Waals surface area (Å²) >= 11 is 5.97. The number of esters is 1. The maximum Gasteiger partial charge on any atom is 0.329 e. The van der Waals surface area contributed by atoms with Crippen LogP contribution in [0.3, 0.4) is 0 Å². The van der Waals surface area contributed by atoms with E-state index in [1.165, 1.54) is 6.07 Å². The summed E-state index contributed by atoms with van der Waals surface area (Å²) in [6.07, 6.45) is 0. The quantitative estimate of drug-likeness (QED) is 0.617. The highest BCUT2D eigenvalue weighted by atomic mass is 35.5. The van der Waals surface area contributed by atoms with Crippen molar-refractivity contribution < 1.29 is 23.9 Å². The van der Waals surface area contributed by atoms with E-state index in [4.69, 9.17) is 16.3 Å². The number of ether oxygens (including phenoxy) is 1. The minimum absolute atomic E-state index is 0.224. The molecule has 1 atom stereocenters. The van der Waals surface area contributed by atoms with Crippen LogP contribution in [0.5, 0.6) is 0 Å². The first-order valence-corrected chi connectivity index (χ1v) is 8.43. The highest BCUT2D eigenvalue weighted by molar-refractivity contribution is 6.33. The lowest BCUT2D eigenvalue weighted by Crippen LogP contribution is -2.47. The molecule has 26 heavy (non-hydrogen) atoms. The summed E-state index contributed by atoms with van der Waals surface area (Å²) in [5, 5.41) is 7.18. The van der Waals surface area contributed by atoms with Crippen molar-refractivity contribution in [3.8, 4) is 0 Å². The van der Waals surface area contributed by atoms with Crippen molar-refractivity contribution in [3.05, 3.63) is 34.9 Å². The van der Waals surface area contributed by atoms with E-state index in [1.54, 1.807) is 39.0 Å². The lowest BCUT2D eigenvalue weighted by Gasteiger charge is -2.21. The zero-order valence-electron chi connectivity index (χ0n) is 14.8. The van der Waals surface area contributed by atoms with Gasteiger partial charge >= 0.3 is 12.0 Å². The van der Waals surface area contributed by atoms with Crippen LogP contribution in [-0.4, -0.2) is 43.0 Å². The van der Waals surface area contributed by atoms with Crippen molar-refractivity contribution in [3.63, 3.8) is 0 Å². The van der Waals surface area contributed by atoms with Crippen molar-refractivity contribution in [2.24, 2.45) is 5.92 Å². The van der Waals surface area contributed by atoms with E-state index in [2.05, 4.69) is 10.6 Å². The van der Waals surface area contributed by atoms with E-state index < -0.39 is 36.5 Å². The van der Waals surface area contributed by atoms with Gasteiger partial charge in [0.15, 0.2) is 6.61 Å². The molecule has 0 saturated carbocycles. The Balaban J connectivity index is 2.65. The van der Waals surface area contributed by atoms with Crippen molar-refractivity contribution in [1.29, 1.82) is 0 Å². The Morgan fingerprint density at radius 1 is 1.15 bits per heavy atom. The maximum absolute atomic E-state index is 12.3. The highest BCUT2D eigenvalue weighted by Gasteiger charge is 2.27. The Bertz CT molecular complexity index is 678. The summed E-state index contributed by atoms with van der Waals surface area (Å²) in [6.45, 7) is 4.84. The van der Waals surface area contributed by atoms with Crippen LogP contribution in [0.2, 0.25) is 5.02 Å². The molecule has 8 nitrogen and oxygen atoms in total. The number of carbonyl (C=O) groups excluding carboxylic acids is 4. The monoisotopic (exact) mass is 383 g/mol. The molecule has 0 aliphatic heterocycles. The zero-order valence-corrected chi connectivity index (χ0v) is 15.6. The van der Waals surface area contributed by atoms with Gasteiger partial charge in [-0.25, -0.2) is 9.59 Å². The molecule has 0 aromatic heterocycles. The first kappa shape index (κ1) is 21.4. The Kier molecular flexibility index (Phi) is 8.57. The standard InChI is InChI=1S/C17H22ClN3O5/c1-4-19-17(25)20-13(22)9-26-16(24)14(10(2)3)21-15(23)11-7-5-6-8-12(11)18/h5-8,10,14H,4,9H2,1-3H3,(H,21,23)(H2,19,20,22,25)/t14-/m0/s1. The number of rotatable bonds is 7. The topological polar surface area (TPSA) is 114 Å². The molecule has 0 aliphatic carbocycles. The van der Waals surface area contributed by atoms with Gasteiger partial charge in [-0.2, -0.15) is 0 Å². The van der Waals surface area contributed by atoms with Gasteiger partial charge in [0.1, 0.15) is 6.04 Å². The summed E-state index contributed by atoms with van der Waals surface area (Å²) in [4.78, 5) is 47.3. The van der Waals surface area contributed by atoms with Gasteiger partial charge in [-0.1, -0.05) is 37.6 Å². The SMILES string of the molecule is CCNC(=O)NC(=O)COC(=O)[C@@H](NC(=O)c1ccccc1Cl)C(C)C. The predicted octanol–water partition coefficient (Wildman–Crippen LogP) is 1.48. The summed E-state index contributed by atoms with van der Waals surface area (Å²) in [7, 11) is 0. The van der Waals surface area contributed by atoms with Gasteiger partial charge in [0.05, 0.1) is 10.6 Å². The van der Waals surface area contributed by atoms with Gasteiger partial charge in [0.2, 0.25) is 0 Å². The first-order valence-electron chi connectivity index (χ1n) is 8.06. The summed E-state index contributed by atoms with van der Waals surface area (Å²) in [5.41, 5.74) is 0.224. The van der Waals surface area contributed by atoms with E-state index >= 15 is 0 Å². The van der Waals surface area contributed by atoms with Crippen LogP contribution in [0.15, 0.2) is 24.3 Å². The first-order chi connectivity index (χ1) is 12.3. The molecule has 0 bridgehead atoms. The fraction of sp³-hybridized carbons (Fsp3) is 0.412. The fourth-order valence-electron chi connectivity index (χ4n) is 1.96. The second-order valence-corrected chi connectivity index (χ2v) is 6.10. The molecule has 1 rings (SSSR count). The highest BCUT2D eigenvalue weighted by Crippen LogP contribution is 2.15. The van der Waals surface area contributed by atoms with Crippen LogP contribution in [0.25, 0.3) is 0 Å². The second kappa shape index (κ2) is 10.4. The van der Waals surface area contributed by atoms with E-state index in [0.717, 1.165) is 0 Å². The molecular weight excluding hydrogens is 362 g/mol. The number of carbonyl (C=O) groups is 4. The van der Waals surface area contributed by atoms with E-state index in [-0.39, 0.29) is 16.5 Å². The molecular formula is C17H22ClN3O5. The fourth-order valence-corrected chi connectivity index (χ4v) is 2.18. The molecule has 0 unspecified atom stereocenters. The minimum atomic E-state index is -0.976. The number of halogens is 1. The zero-order chi connectivity index (χ0) is 19.7. The van der Waals surface area contributed by atoms with Crippen LogP contribution in [0.4, 0.5) is 4.79 Å². The molecule has 0 radical (unpaired) electrons. The number of benzene rings is 1. The Hall–Kier alpha value is -2.61. The summed E-state index contributed by atoms with van der Waals surface area (Å²) in [5.74, 6) is -2.38. The van der Waals surface area contributed by atoms with E-state index in [9.17, 15) is 19.2 Å². The molecule has 3 N–H and O–H groups in total. The Morgan fingerprint density at radius 2 is 1.81 bits per heavy atom. The van der Waals surface area contributed by atoms with Crippen LogP contribution in [0, 0.1) is 5.92 Å². The lowest BCUT2D eigenvalue weighted by molar-refractivity contribution is -0.151. The largest absolute Gasteiger partial charge is 0.454 e. The normalized spacial score (nSPS) is 11.4. The molecule has 0 saturated heterocycles. The molecule has 0 aliphatic rings. The van der Waals surface area contributed by atoms with Crippen molar-refractivity contribution in [2.45, 2.75) is 26.8 Å². The number of urea groups is 1.